The van der Waals surface area contributed by atoms with Crippen LogP contribution in [-0.2, 0) is 0 Å². The summed E-state index contributed by atoms with van der Waals surface area (Å²) < 4.78 is 18.7. The molecule has 0 saturated heterocycles. The number of methoxy groups -OCH3 is 1. The van der Waals surface area contributed by atoms with Gasteiger partial charge < -0.3 is 15.4 Å². The Balaban J connectivity index is 1.69. The smallest absolute Gasteiger partial charge is 0.276 e. The number of nitrogens with zero attached hydrogens (tertiary/aromatic N) is 2. The highest BCUT2D eigenvalue weighted by Gasteiger charge is 2.11. The van der Waals surface area contributed by atoms with E-state index in [0.717, 1.165) is 0 Å². The van der Waals surface area contributed by atoms with Crippen LogP contribution >= 0.6 is 11.6 Å². The molecule has 0 aliphatic heterocycles. The van der Waals surface area contributed by atoms with Crippen molar-refractivity contribution in [3.63, 3.8) is 0 Å². The summed E-state index contributed by atoms with van der Waals surface area (Å²) in [5, 5.41) is 13.6. The third-order valence-corrected chi connectivity index (χ3v) is 3.74. The lowest BCUT2D eigenvalue weighted by Gasteiger charge is -2.08. The zero-order chi connectivity index (χ0) is 18.5. The van der Waals surface area contributed by atoms with E-state index in [-0.39, 0.29) is 11.4 Å². The fraction of sp³-hybridized carbons (Fsp3) is 0.0556. The van der Waals surface area contributed by atoms with Crippen LogP contribution in [0.3, 0.4) is 0 Å². The zero-order valence-corrected chi connectivity index (χ0v) is 14.4. The third kappa shape index (κ3) is 4.07. The van der Waals surface area contributed by atoms with Crippen molar-refractivity contribution in [1.82, 2.24) is 10.2 Å². The van der Waals surface area contributed by atoms with Crippen molar-refractivity contribution in [2.45, 2.75) is 0 Å². The van der Waals surface area contributed by atoms with Crippen LogP contribution in [0.2, 0.25) is 5.02 Å². The number of anilines is 3. The lowest BCUT2D eigenvalue weighted by Crippen LogP contribution is -2.14. The summed E-state index contributed by atoms with van der Waals surface area (Å²) in [5.41, 5.74) is 0.874. The van der Waals surface area contributed by atoms with Crippen molar-refractivity contribution in [2.75, 3.05) is 17.7 Å². The molecule has 0 fully saturated rings. The maximum atomic E-state index is 13.6. The van der Waals surface area contributed by atoms with E-state index in [4.69, 9.17) is 16.3 Å². The summed E-state index contributed by atoms with van der Waals surface area (Å²) >= 11 is 6.03. The van der Waals surface area contributed by atoms with E-state index in [9.17, 15) is 9.18 Å². The Labute approximate surface area is 154 Å². The number of hydrogen-bond acceptors (Lipinski definition) is 5. The minimum absolute atomic E-state index is 0.107. The van der Waals surface area contributed by atoms with Crippen molar-refractivity contribution < 1.29 is 13.9 Å². The summed E-state index contributed by atoms with van der Waals surface area (Å²) in [7, 11) is 1.51. The molecular formula is C18H14ClFN4O2. The summed E-state index contributed by atoms with van der Waals surface area (Å²) in [6.07, 6.45) is 0. The Hall–Kier alpha value is -3.19. The number of halogens is 2. The fourth-order valence-electron chi connectivity index (χ4n) is 2.16. The summed E-state index contributed by atoms with van der Waals surface area (Å²) in [6.45, 7) is 0. The van der Waals surface area contributed by atoms with Crippen LogP contribution in [0.4, 0.5) is 21.6 Å². The van der Waals surface area contributed by atoms with Crippen molar-refractivity contribution in [3.8, 4) is 5.75 Å². The van der Waals surface area contributed by atoms with Crippen molar-refractivity contribution in [2.24, 2.45) is 0 Å². The number of carbonyl (C=O) groups excluding carboxylic acids is 1. The molecule has 0 saturated carbocycles. The van der Waals surface area contributed by atoms with E-state index in [1.165, 1.54) is 25.3 Å². The van der Waals surface area contributed by atoms with Crippen molar-refractivity contribution >= 4 is 34.7 Å². The predicted molar refractivity (Wildman–Crippen MR) is 97.7 cm³/mol. The molecule has 1 heterocycles. The molecule has 2 aromatic carbocycles. The molecule has 8 heteroatoms. The van der Waals surface area contributed by atoms with Gasteiger partial charge in [-0.1, -0.05) is 23.7 Å². The second-order valence-corrected chi connectivity index (χ2v) is 5.62. The van der Waals surface area contributed by atoms with E-state index >= 15 is 0 Å². The predicted octanol–water partition coefficient (Wildman–Crippen LogP) is 4.27. The van der Waals surface area contributed by atoms with Gasteiger partial charge in [-0.05, 0) is 42.5 Å². The van der Waals surface area contributed by atoms with Gasteiger partial charge in [0.05, 0.1) is 17.8 Å². The van der Waals surface area contributed by atoms with Crippen LogP contribution in [0.25, 0.3) is 0 Å². The summed E-state index contributed by atoms with van der Waals surface area (Å²) in [4.78, 5) is 12.2. The fourth-order valence-corrected chi connectivity index (χ4v) is 2.42. The summed E-state index contributed by atoms with van der Waals surface area (Å²) in [6, 6.07) is 14.1. The molecule has 0 unspecified atom stereocenters. The normalized spacial score (nSPS) is 10.3. The quantitative estimate of drug-likeness (QED) is 0.699. The second-order valence-electron chi connectivity index (χ2n) is 5.21. The van der Waals surface area contributed by atoms with Crippen LogP contribution in [0.15, 0.2) is 54.6 Å². The molecule has 0 bridgehead atoms. The lowest BCUT2D eigenvalue weighted by molar-refractivity contribution is 0.102. The van der Waals surface area contributed by atoms with Crippen LogP contribution in [0.5, 0.6) is 5.75 Å². The number of hydrogen-bond donors (Lipinski definition) is 2. The Morgan fingerprint density at radius 2 is 1.92 bits per heavy atom. The number of ether oxygens (including phenoxy) is 1. The molecule has 0 aliphatic carbocycles. The van der Waals surface area contributed by atoms with E-state index < -0.39 is 11.7 Å². The van der Waals surface area contributed by atoms with Crippen molar-refractivity contribution in [1.29, 1.82) is 0 Å². The number of amides is 1. The highest BCUT2D eigenvalue weighted by Crippen LogP contribution is 2.27. The van der Waals surface area contributed by atoms with Gasteiger partial charge in [0.15, 0.2) is 11.5 Å². The van der Waals surface area contributed by atoms with E-state index in [2.05, 4.69) is 20.8 Å². The average molecular weight is 373 g/mol. The van der Waals surface area contributed by atoms with Gasteiger partial charge >= 0.3 is 0 Å². The second kappa shape index (κ2) is 7.79. The van der Waals surface area contributed by atoms with Crippen LogP contribution in [0, 0.1) is 5.82 Å². The number of para-hydroxylation sites is 1. The first kappa shape index (κ1) is 17.6. The van der Waals surface area contributed by atoms with Gasteiger partial charge in [0.1, 0.15) is 11.6 Å². The molecule has 0 aliphatic rings. The van der Waals surface area contributed by atoms with Crippen LogP contribution in [0.1, 0.15) is 10.5 Å². The number of benzene rings is 2. The highest BCUT2D eigenvalue weighted by molar-refractivity contribution is 6.32. The van der Waals surface area contributed by atoms with Gasteiger partial charge in [0, 0.05) is 5.69 Å². The molecule has 6 nitrogen and oxygen atoms in total. The molecule has 3 rings (SSSR count). The minimum atomic E-state index is -0.448. The van der Waals surface area contributed by atoms with Gasteiger partial charge in [-0.15, -0.1) is 10.2 Å². The van der Waals surface area contributed by atoms with Gasteiger partial charge in [-0.2, -0.15) is 0 Å². The Morgan fingerprint density at radius 1 is 1.12 bits per heavy atom. The molecular weight excluding hydrogens is 359 g/mol. The highest BCUT2D eigenvalue weighted by atomic mass is 35.5. The molecule has 1 amide bonds. The first-order valence-corrected chi connectivity index (χ1v) is 7.95. The number of aromatic nitrogens is 2. The van der Waals surface area contributed by atoms with E-state index in [1.54, 1.807) is 36.4 Å². The van der Waals surface area contributed by atoms with E-state index in [1.807, 2.05) is 0 Å². The number of carbonyl (C=O) groups is 1. The third-order valence-electron chi connectivity index (χ3n) is 3.44. The Bertz CT molecular complexity index is 935. The molecule has 0 radical (unpaired) electrons. The standard InChI is InChI=1S/C18H14ClFN4O2/c1-26-16-8-6-11(10-12(16)19)21-18(25)15-7-9-17(24-23-15)22-14-5-3-2-4-13(14)20/h2-10H,1H3,(H,21,25)(H,22,24). The molecule has 1 aromatic heterocycles. The molecule has 3 aromatic rings. The first-order valence-electron chi connectivity index (χ1n) is 7.57. The van der Waals surface area contributed by atoms with Gasteiger partial charge in [0.2, 0.25) is 0 Å². The lowest BCUT2D eigenvalue weighted by atomic mass is 10.2. The largest absolute Gasteiger partial charge is 0.495 e. The Kier molecular flexibility index (Phi) is 5.28. The molecule has 132 valence electrons. The molecule has 2 N–H and O–H groups in total. The van der Waals surface area contributed by atoms with Gasteiger partial charge in [-0.25, -0.2) is 4.39 Å². The molecule has 0 spiro atoms. The van der Waals surface area contributed by atoms with Crippen LogP contribution < -0.4 is 15.4 Å². The summed E-state index contributed by atoms with van der Waals surface area (Å²) in [5.74, 6) is -0.0316. The van der Waals surface area contributed by atoms with Crippen LogP contribution in [-0.4, -0.2) is 23.2 Å². The first-order chi connectivity index (χ1) is 12.6. The topological polar surface area (TPSA) is 76.1 Å². The molecule has 0 atom stereocenters. The Morgan fingerprint density at radius 3 is 2.58 bits per heavy atom. The monoisotopic (exact) mass is 372 g/mol. The maximum Gasteiger partial charge on any atom is 0.276 e. The zero-order valence-electron chi connectivity index (χ0n) is 13.7. The number of nitrogens with one attached hydrogen (secondary N) is 2. The number of rotatable bonds is 5. The molecule has 26 heavy (non-hydrogen) atoms. The van der Waals surface area contributed by atoms with Gasteiger partial charge in [-0.3, -0.25) is 4.79 Å². The maximum absolute atomic E-state index is 13.6. The van der Waals surface area contributed by atoms with E-state index in [0.29, 0.717) is 22.3 Å². The SMILES string of the molecule is COc1ccc(NC(=O)c2ccc(Nc3ccccc3F)nn2)cc1Cl. The van der Waals surface area contributed by atoms with Crippen molar-refractivity contribution in [3.05, 3.63) is 71.1 Å². The van der Waals surface area contributed by atoms with Gasteiger partial charge in [0.25, 0.3) is 5.91 Å². The minimum Gasteiger partial charge on any atom is -0.495 e. The average Bonchev–Trinajstić information content (AvgIpc) is 2.64.